The number of carbonyl (C=O) groups is 1. The van der Waals surface area contributed by atoms with E-state index in [1.807, 2.05) is 0 Å². The number of hydrogen-bond acceptors (Lipinski definition) is 4. The molecule has 0 spiro atoms. The molecule has 1 saturated carbocycles. The molecular formula is C13H18N2O4. The zero-order valence-electron chi connectivity index (χ0n) is 11.1. The summed E-state index contributed by atoms with van der Waals surface area (Å²) in [6.07, 6.45) is 2.14. The van der Waals surface area contributed by atoms with Gasteiger partial charge in [-0.05, 0) is 32.1 Å². The van der Waals surface area contributed by atoms with Crippen LogP contribution < -0.4 is 5.56 Å². The molecule has 1 fully saturated rings. The topological polar surface area (TPSA) is 92.3 Å². The number of hydrogen-bond donors (Lipinski definition) is 2. The van der Waals surface area contributed by atoms with E-state index in [4.69, 9.17) is 9.84 Å². The quantitative estimate of drug-likeness (QED) is 0.807. The van der Waals surface area contributed by atoms with Crippen LogP contribution in [0, 0.1) is 12.8 Å². The van der Waals surface area contributed by atoms with Gasteiger partial charge in [0.05, 0.1) is 0 Å². The van der Waals surface area contributed by atoms with Crippen LogP contribution in [0.1, 0.15) is 42.4 Å². The van der Waals surface area contributed by atoms with Gasteiger partial charge in [-0.25, -0.2) is 4.98 Å². The summed E-state index contributed by atoms with van der Waals surface area (Å²) in [7, 11) is 1.61. The lowest BCUT2D eigenvalue weighted by molar-refractivity contribution is -0.136. The van der Waals surface area contributed by atoms with E-state index in [9.17, 15) is 9.59 Å². The Bertz CT molecular complexity index is 534. The maximum absolute atomic E-state index is 12.0. The van der Waals surface area contributed by atoms with E-state index in [2.05, 4.69) is 9.97 Å². The van der Waals surface area contributed by atoms with Gasteiger partial charge in [-0.3, -0.25) is 9.59 Å². The number of aryl methyl sites for hydroxylation is 1. The fourth-order valence-electron chi connectivity index (χ4n) is 2.22. The molecule has 0 radical (unpaired) electrons. The van der Waals surface area contributed by atoms with Crippen LogP contribution in [0.3, 0.4) is 0 Å². The summed E-state index contributed by atoms with van der Waals surface area (Å²) in [5.74, 6) is 0.0552. The second-order valence-corrected chi connectivity index (χ2v) is 4.90. The Morgan fingerprint density at radius 3 is 2.74 bits per heavy atom. The lowest BCUT2D eigenvalue weighted by Crippen LogP contribution is -2.22. The molecule has 1 aliphatic rings. The fourth-order valence-corrected chi connectivity index (χ4v) is 2.22. The first-order chi connectivity index (χ1) is 9.02. The van der Waals surface area contributed by atoms with E-state index in [0.717, 1.165) is 12.8 Å². The second kappa shape index (κ2) is 5.52. The molecule has 1 aromatic heterocycles. The Kier molecular flexibility index (Phi) is 3.99. The molecule has 6 nitrogen and oxygen atoms in total. The van der Waals surface area contributed by atoms with Crippen molar-refractivity contribution in [1.82, 2.24) is 9.97 Å². The molecular weight excluding hydrogens is 248 g/mol. The monoisotopic (exact) mass is 266 g/mol. The summed E-state index contributed by atoms with van der Waals surface area (Å²) >= 11 is 0. The Balaban J connectivity index is 2.25. The largest absolute Gasteiger partial charge is 0.481 e. The molecule has 2 N–H and O–H groups in total. The number of H-pyrrole nitrogens is 1. The first kappa shape index (κ1) is 13.7. The number of rotatable bonds is 6. The molecule has 104 valence electrons. The molecule has 1 atom stereocenters. The van der Waals surface area contributed by atoms with Gasteiger partial charge in [0.1, 0.15) is 11.9 Å². The highest BCUT2D eigenvalue weighted by Crippen LogP contribution is 2.41. The molecule has 2 rings (SSSR count). The standard InChI is InChI=1S/C13H18N2O4/c1-7-9(5-6-10(16)17)13(18)15-12(14-7)11(19-2)8-3-4-8/h8,11H,3-6H2,1-2H3,(H,16,17)(H,14,15,18). The van der Waals surface area contributed by atoms with Crippen molar-refractivity contribution < 1.29 is 14.6 Å². The molecule has 0 amide bonds. The van der Waals surface area contributed by atoms with Crippen molar-refractivity contribution in [3.63, 3.8) is 0 Å². The van der Waals surface area contributed by atoms with Crippen molar-refractivity contribution in [3.05, 3.63) is 27.4 Å². The third-order valence-electron chi connectivity index (χ3n) is 3.40. The van der Waals surface area contributed by atoms with Crippen molar-refractivity contribution in [2.75, 3.05) is 7.11 Å². The Morgan fingerprint density at radius 2 is 2.26 bits per heavy atom. The maximum atomic E-state index is 12.0. The predicted molar refractivity (Wildman–Crippen MR) is 68.0 cm³/mol. The van der Waals surface area contributed by atoms with Crippen LogP contribution in [-0.4, -0.2) is 28.2 Å². The van der Waals surface area contributed by atoms with Crippen LogP contribution in [0.25, 0.3) is 0 Å². The van der Waals surface area contributed by atoms with Crippen molar-refractivity contribution in [2.45, 2.75) is 38.7 Å². The van der Waals surface area contributed by atoms with Crippen molar-refractivity contribution in [3.8, 4) is 0 Å². The highest BCUT2D eigenvalue weighted by Gasteiger charge is 2.34. The smallest absolute Gasteiger partial charge is 0.303 e. The molecule has 0 bridgehead atoms. The van der Waals surface area contributed by atoms with Gasteiger partial charge >= 0.3 is 5.97 Å². The second-order valence-electron chi connectivity index (χ2n) is 4.90. The van der Waals surface area contributed by atoms with Gasteiger partial charge in [-0.1, -0.05) is 0 Å². The van der Waals surface area contributed by atoms with Crippen LogP contribution >= 0.6 is 0 Å². The van der Waals surface area contributed by atoms with Crippen LogP contribution in [0.15, 0.2) is 4.79 Å². The zero-order valence-corrected chi connectivity index (χ0v) is 11.1. The van der Waals surface area contributed by atoms with E-state index in [1.165, 1.54) is 0 Å². The van der Waals surface area contributed by atoms with Gasteiger partial charge in [-0.15, -0.1) is 0 Å². The molecule has 19 heavy (non-hydrogen) atoms. The fraction of sp³-hybridized carbons (Fsp3) is 0.615. The van der Waals surface area contributed by atoms with Gasteiger partial charge in [0, 0.05) is 24.8 Å². The number of ether oxygens (including phenoxy) is 1. The molecule has 1 unspecified atom stereocenters. The van der Waals surface area contributed by atoms with Gasteiger partial charge < -0.3 is 14.8 Å². The molecule has 0 aromatic carbocycles. The van der Waals surface area contributed by atoms with Crippen LogP contribution in [0.5, 0.6) is 0 Å². The third kappa shape index (κ3) is 3.20. The van der Waals surface area contributed by atoms with Gasteiger partial charge in [0.2, 0.25) is 0 Å². The van der Waals surface area contributed by atoms with Crippen molar-refractivity contribution in [1.29, 1.82) is 0 Å². The average Bonchev–Trinajstić information content (AvgIpc) is 3.13. The lowest BCUT2D eigenvalue weighted by atomic mass is 10.1. The number of carboxylic acid groups (broad SMARTS) is 1. The predicted octanol–water partition coefficient (Wildman–Crippen LogP) is 1.19. The molecule has 6 heteroatoms. The Morgan fingerprint density at radius 1 is 1.58 bits per heavy atom. The van der Waals surface area contributed by atoms with Gasteiger partial charge in [0.25, 0.3) is 5.56 Å². The van der Waals surface area contributed by atoms with Crippen molar-refractivity contribution in [2.24, 2.45) is 5.92 Å². The summed E-state index contributed by atoms with van der Waals surface area (Å²) in [4.78, 5) is 29.7. The molecule has 0 aliphatic heterocycles. The number of aliphatic carboxylic acids is 1. The van der Waals surface area contributed by atoms with E-state index in [1.54, 1.807) is 14.0 Å². The highest BCUT2D eigenvalue weighted by molar-refractivity contribution is 5.67. The maximum Gasteiger partial charge on any atom is 0.303 e. The lowest BCUT2D eigenvalue weighted by Gasteiger charge is -2.15. The number of nitrogens with one attached hydrogen (secondary N) is 1. The minimum absolute atomic E-state index is 0.0682. The number of aromatic nitrogens is 2. The minimum atomic E-state index is -0.921. The normalized spacial score (nSPS) is 16.3. The summed E-state index contributed by atoms with van der Waals surface area (Å²) in [5.41, 5.74) is 0.769. The highest BCUT2D eigenvalue weighted by atomic mass is 16.5. The van der Waals surface area contributed by atoms with E-state index < -0.39 is 5.97 Å². The number of carboxylic acids is 1. The van der Waals surface area contributed by atoms with Gasteiger partial charge in [-0.2, -0.15) is 0 Å². The van der Waals surface area contributed by atoms with E-state index >= 15 is 0 Å². The van der Waals surface area contributed by atoms with E-state index in [0.29, 0.717) is 23.0 Å². The van der Waals surface area contributed by atoms with Crippen LogP contribution in [-0.2, 0) is 16.0 Å². The Hall–Kier alpha value is -1.69. The molecule has 0 saturated heterocycles. The van der Waals surface area contributed by atoms with Crippen LogP contribution in [0.2, 0.25) is 0 Å². The van der Waals surface area contributed by atoms with Crippen LogP contribution in [0.4, 0.5) is 0 Å². The third-order valence-corrected chi connectivity index (χ3v) is 3.40. The summed E-state index contributed by atoms with van der Waals surface area (Å²) in [5, 5.41) is 8.67. The first-order valence-corrected chi connectivity index (χ1v) is 6.37. The summed E-state index contributed by atoms with van der Waals surface area (Å²) < 4.78 is 5.38. The molecule has 1 aliphatic carbocycles. The first-order valence-electron chi connectivity index (χ1n) is 6.37. The Labute approximate surface area is 110 Å². The number of methoxy groups -OCH3 is 1. The molecule has 1 heterocycles. The zero-order chi connectivity index (χ0) is 14.0. The number of aromatic amines is 1. The summed E-state index contributed by atoms with van der Waals surface area (Å²) in [6, 6.07) is 0. The summed E-state index contributed by atoms with van der Waals surface area (Å²) in [6.45, 7) is 1.73. The van der Waals surface area contributed by atoms with Gasteiger partial charge in [0.15, 0.2) is 0 Å². The number of nitrogens with zero attached hydrogens (tertiary/aromatic N) is 1. The average molecular weight is 266 g/mol. The van der Waals surface area contributed by atoms with E-state index in [-0.39, 0.29) is 24.5 Å². The SMILES string of the molecule is COC(c1nc(C)c(CCC(=O)O)c(=O)[nH]1)C1CC1. The van der Waals surface area contributed by atoms with Crippen molar-refractivity contribution >= 4 is 5.97 Å². The minimum Gasteiger partial charge on any atom is -0.481 e. The molecule has 1 aromatic rings.